The van der Waals surface area contributed by atoms with Crippen LogP contribution >= 0.6 is 22.7 Å². The Bertz CT molecular complexity index is 1000. The van der Waals surface area contributed by atoms with Crippen LogP contribution in [0.3, 0.4) is 0 Å². The molecule has 2 amide bonds. The van der Waals surface area contributed by atoms with Crippen LogP contribution < -0.4 is 10.6 Å². The van der Waals surface area contributed by atoms with Gasteiger partial charge < -0.3 is 5.32 Å². The van der Waals surface area contributed by atoms with E-state index in [1.54, 1.807) is 12.1 Å². The van der Waals surface area contributed by atoms with Crippen molar-refractivity contribution in [3.8, 4) is 0 Å². The van der Waals surface area contributed by atoms with Crippen molar-refractivity contribution in [2.24, 2.45) is 5.92 Å². The predicted octanol–water partition coefficient (Wildman–Crippen LogP) is 3.73. The summed E-state index contributed by atoms with van der Waals surface area (Å²) >= 11 is 2.87. The number of rotatable bonds is 6. The van der Waals surface area contributed by atoms with Crippen molar-refractivity contribution in [2.45, 2.75) is 38.5 Å². The second-order valence-electron chi connectivity index (χ2n) is 7.03. The van der Waals surface area contributed by atoms with Gasteiger partial charge in [-0.3, -0.25) is 14.9 Å². The van der Waals surface area contributed by atoms with Crippen LogP contribution in [0.25, 0.3) is 0 Å². The van der Waals surface area contributed by atoms with Crippen LogP contribution in [0.1, 0.15) is 52.5 Å². The highest BCUT2D eigenvalue weighted by Gasteiger charge is 2.29. The van der Waals surface area contributed by atoms with Crippen LogP contribution in [-0.2, 0) is 11.2 Å². The Balaban J connectivity index is 1.31. The fourth-order valence-electron chi connectivity index (χ4n) is 3.48. The summed E-state index contributed by atoms with van der Waals surface area (Å²) in [6, 6.07) is 9.06. The SMILES string of the molecule is CC(=O)Nc1nnc(C2CC[C@@H](Cc3nnc(NC(=O)c4ccccc4)s3)C2)s1. The van der Waals surface area contributed by atoms with Crippen LogP contribution in [0.15, 0.2) is 30.3 Å². The number of nitrogens with zero attached hydrogens (tertiary/aromatic N) is 4. The number of aromatic nitrogens is 4. The molecule has 1 saturated carbocycles. The molecule has 2 heterocycles. The highest BCUT2D eigenvalue weighted by atomic mass is 32.1. The normalized spacial score (nSPS) is 18.5. The number of carbonyl (C=O) groups is 2. The molecule has 1 aromatic carbocycles. The third-order valence-corrected chi connectivity index (χ3v) is 6.66. The van der Waals surface area contributed by atoms with E-state index in [-0.39, 0.29) is 11.8 Å². The van der Waals surface area contributed by atoms with Crippen molar-refractivity contribution in [1.82, 2.24) is 20.4 Å². The van der Waals surface area contributed by atoms with Crippen molar-refractivity contribution in [3.05, 3.63) is 45.9 Å². The van der Waals surface area contributed by atoms with E-state index in [0.29, 0.717) is 27.7 Å². The Morgan fingerprint density at radius 2 is 1.76 bits per heavy atom. The Labute approximate surface area is 175 Å². The highest BCUT2D eigenvalue weighted by molar-refractivity contribution is 7.15. The first kappa shape index (κ1) is 19.6. The summed E-state index contributed by atoms with van der Waals surface area (Å²) in [4.78, 5) is 23.4. The van der Waals surface area contributed by atoms with E-state index in [2.05, 4.69) is 31.0 Å². The summed E-state index contributed by atoms with van der Waals surface area (Å²) < 4.78 is 0. The van der Waals surface area contributed by atoms with Crippen LogP contribution in [0, 0.1) is 5.92 Å². The Morgan fingerprint density at radius 3 is 2.55 bits per heavy atom. The van der Waals surface area contributed by atoms with E-state index in [9.17, 15) is 9.59 Å². The van der Waals surface area contributed by atoms with Gasteiger partial charge in [0, 0.05) is 24.8 Å². The monoisotopic (exact) mass is 428 g/mol. The van der Waals surface area contributed by atoms with Gasteiger partial charge in [0.05, 0.1) is 0 Å². The standard InChI is InChI=1S/C19H20N6O2S2/c1-11(26)20-18-25-23-17(29-18)14-8-7-12(9-14)10-15-22-24-19(28-15)21-16(27)13-5-3-2-4-6-13/h2-6,12,14H,7-10H2,1H3,(H,20,25,26)(H,21,24,27)/t12-,14?/m1/s1. The molecule has 1 unspecified atom stereocenters. The summed E-state index contributed by atoms with van der Waals surface area (Å²) in [7, 11) is 0. The van der Waals surface area contributed by atoms with Gasteiger partial charge in [-0.1, -0.05) is 40.9 Å². The molecular weight excluding hydrogens is 408 g/mol. The molecule has 150 valence electrons. The molecule has 2 atom stereocenters. The smallest absolute Gasteiger partial charge is 0.257 e. The number of hydrogen-bond donors (Lipinski definition) is 2. The molecule has 1 aliphatic carbocycles. The molecule has 4 rings (SSSR count). The number of amides is 2. The van der Waals surface area contributed by atoms with Crippen molar-refractivity contribution >= 4 is 44.8 Å². The molecule has 2 aromatic heterocycles. The zero-order valence-electron chi connectivity index (χ0n) is 15.8. The Morgan fingerprint density at radius 1 is 1.00 bits per heavy atom. The van der Waals surface area contributed by atoms with E-state index in [0.717, 1.165) is 35.7 Å². The van der Waals surface area contributed by atoms with Crippen molar-refractivity contribution in [2.75, 3.05) is 10.6 Å². The summed E-state index contributed by atoms with van der Waals surface area (Å²) in [6.07, 6.45) is 3.99. The molecule has 2 N–H and O–H groups in total. The Hall–Kier alpha value is -2.72. The van der Waals surface area contributed by atoms with Crippen LogP contribution in [0.2, 0.25) is 0 Å². The lowest BCUT2D eigenvalue weighted by atomic mass is 10.0. The van der Waals surface area contributed by atoms with Crippen molar-refractivity contribution in [3.63, 3.8) is 0 Å². The molecule has 0 bridgehead atoms. The van der Waals surface area contributed by atoms with Crippen LogP contribution in [0.4, 0.5) is 10.3 Å². The van der Waals surface area contributed by atoms with Gasteiger partial charge in [-0.15, -0.1) is 20.4 Å². The first-order chi connectivity index (χ1) is 14.1. The van der Waals surface area contributed by atoms with Crippen molar-refractivity contribution in [1.29, 1.82) is 0 Å². The lowest BCUT2D eigenvalue weighted by Gasteiger charge is -2.06. The van der Waals surface area contributed by atoms with Gasteiger partial charge in [-0.05, 0) is 37.3 Å². The number of nitrogens with one attached hydrogen (secondary N) is 2. The third-order valence-electron chi connectivity index (χ3n) is 4.80. The van der Waals surface area contributed by atoms with E-state index < -0.39 is 0 Å². The zero-order valence-corrected chi connectivity index (χ0v) is 17.4. The van der Waals surface area contributed by atoms with Crippen LogP contribution in [0.5, 0.6) is 0 Å². The number of anilines is 2. The molecule has 0 aliphatic heterocycles. The second kappa shape index (κ2) is 8.75. The maximum Gasteiger partial charge on any atom is 0.257 e. The summed E-state index contributed by atoms with van der Waals surface area (Å²) in [5, 5.41) is 25.1. The lowest BCUT2D eigenvalue weighted by Crippen LogP contribution is -2.11. The fraction of sp³-hybridized carbons (Fsp3) is 0.368. The van der Waals surface area contributed by atoms with Gasteiger partial charge in [0.2, 0.25) is 16.2 Å². The summed E-state index contributed by atoms with van der Waals surface area (Å²) in [6.45, 7) is 1.46. The van der Waals surface area contributed by atoms with Gasteiger partial charge in [0.25, 0.3) is 5.91 Å². The average Bonchev–Trinajstić information content (AvgIpc) is 3.44. The van der Waals surface area contributed by atoms with Gasteiger partial charge in [-0.25, -0.2) is 0 Å². The van der Waals surface area contributed by atoms with Gasteiger partial charge in [0.1, 0.15) is 10.0 Å². The minimum atomic E-state index is -0.180. The maximum atomic E-state index is 12.2. The fourth-order valence-corrected chi connectivity index (χ4v) is 5.26. The summed E-state index contributed by atoms with van der Waals surface area (Å²) in [5.74, 6) is 0.549. The molecular formula is C19H20N6O2S2. The number of benzene rings is 1. The second-order valence-corrected chi connectivity index (χ2v) is 9.10. The van der Waals surface area contributed by atoms with E-state index in [1.165, 1.54) is 29.6 Å². The first-order valence-electron chi connectivity index (χ1n) is 9.36. The maximum absolute atomic E-state index is 12.2. The molecule has 1 fully saturated rings. The molecule has 1 aliphatic rings. The van der Waals surface area contributed by atoms with E-state index >= 15 is 0 Å². The average molecular weight is 429 g/mol. The molecule has 8 nitrogen and oxygen atoms in total. The molecule has 0 radical (unpaired) electrons. The molecule has 0 saturated heterocycles. The zero-order chi connectivity index (χ0) is 20.2. The topological polar surface area (TPSA) is 110 Å². The van der Waals surface area contributed by atoms with Gasteiger partial charge in [-0.2, -0.15) is 0 Å². The predicted molar refractivity (Wildman–Crippen MR) is 112 cm³/mol. The largest absolute Gasteiger partial charge is 0.301 e. The van der Waals surface area contributed by atoms with Gasteiger partial charge in [0.15, 0.2) is 0 Å². The first-order valence-corrected chi connectivity index (χ1v) is 11.0. The van der Waals surface area contributed by atoms with E-state index in [1.807, 2.05) is 18.2 Å². The molecule has 10 heteroatoms. The quantitative estimate of drug-likeness (QED) is 0.619. The van der Waals surface area contributed by atoms with Gasteiger partial charge >= 0.3 is 0 Å². The molecule has 3 aromatic rings. The van der Waals surface area contributed by atoms with E-state index in [4.69, 9.17) is 0 Å². The number of hydrogen-bond acceptors (Lipinski definition) is 8. The van der Waals surface area contributed by atoms with Crippen molar-refractivity contribution < 1.29 is 9.59 Å². The number of carbonyl (C=O) groups excluding carboxylic acids is 2. The Kier molecular flexibility index (Phi) is 5.91. The highest BCUT2D eigenvalue weighted by Crippen LogP contribution is 2.41. The minimum Gasteiger partial charge on any atom is -0.301 e. The molecule has 29 heavy (non-hydrogen) atoms. The summed E-state index contributed by atoms with van der Waals surface area (Å²) in [5.41, 5.74) is 0.596. The lowest BCUT2D eigenvalue weighted by molar-refractivity contribution is -0.114. The third kappa shape index (κ3) is 5.01. The molecule has 0 spiro atoms. The minimum absolute atomic E-state index is 0.136. The van der Waals surface area contributed by atoms with Crippen LogP contribution in [-0.4, -0.2) is 32.2 Å².